The molecule has 0 aliphatic heterocycles. The Kier molecular flexibility index (Phi) is 8.44. The average Bonchev–Trinajstić information content (AvgIpc) is 3.07. The summed E-state index contributed by atoms with van der Waals surface area (Å²) in [5.74, 6) is 0.882. The zero-order valence-electron chi connectivity index (χ0n) is 12.5. The Hall–Kier alpha value is -1.02. The maximum absolute atomic E-state index is 4.60. The number of rotatable bonds is 6. The van der Waals surface area contributed by atoms with Crippen LogP contribution in [-0.4, -0.2) is 23.6 Å². The van der Waals surface area contributed by atoms with Gasteiger partial charge in [-0.15, -0.1) is 35.3 Å². The molecular formula is C15H23IN4S. The van der Waals surface area contributed by atoms with Crippen LogP contribution in [0, 0.1) is 0 Å². The minimum atomic E-state index is 0. The molecule has 0 saturated heterocycles. The summed E-state index contributed by atoms with van der Waals surface area (Å²) in [7, 11) is 2.03. The van der Waals surface area contributed by atoms with Crippen molar-refractivity contribution in [2.24, 2.45) is 12.0 Å². The van der Waals surface area contributed by atoms with Crippen LogP contribution in [0.2, 0.25) is 0 Å². The standard InChI is InChI=1S/C15H22N4S.HI/c1-3-16-15(17-8-6-14-5-4-10-20-14)18-11-13-7-9-19(2)12-13;/h4-5,7,9-10,12H,3,6,8,11H2,1-2H3,(H2,16,17,18);1H. The second-order valence-corrected chi connectivity index (χ2v) is 5.67. The van der Waals surface area contributed by atoms with Gasteiger partial charge in [0, 0.05) is 37.4 Å². The summed E-state index contributed by atoms with van der Waals surface area (Å²) < 4.78 is 2.04. The first-order valence-corrected chi connectivity index (χ1v) is 7.81. The summed E-state index contributed by atoms with van der Waals surface area (Å²) in [6.07, 6.45) is 5.17. The smallest absolute Gasteiger partial charge is 0.191 e. The van der Waals surface area contributed by atoms with E-state index >= 15 is 0 Å². The fourth-order valence-corrected chi connectivity index (χ4v) is 2.63. The van der Waals surface area contributed by atoms with Crippen molar-refractivity contribution in [1.82, 2.24) is 15.2 Å². The monoisotopic (exact) mass is 418 g/mol. The highest BCUT2D eigenvalue weighted by molar-refractivity contribution is 14.0. The molecule has 116 valence electrons. The normalized spacial score (nSPS) is 11.0. The Morgan fingerprint density at radius 2 is 2.19 bits per heavy atom. The van der Waals surface area contributed by atoms with E-state index in [1.54, 1.807) is 11.3 Å². The lowest BCUT2D eigenvalue weighted by molar-refractivity contribution is 0.804. The number of hydrogen-bond donors (Lipinski definition) is 2. The molecule has 0 aliphatic rings. The molecule has 0 aromatic carbocycles. The molecule has 0 fully saturated rings. The lowest BCUT2D eigenvalue weighted by atomic mass is 10.3. The molecule has 6 heteroatoms. The first kappa shape index (κ1) is 18.0. The first-order chi connectivity index (χ1) is 9.78. The van der Waals surface area contributed by atoms with Gasteiger partial charge in [-0.25, -0.2) is 4.99 Å². The predicted octanol–water partition coefficient (Wildman–Crippen LogP) is 3.00. The summed E-state index contributed by atoms with van der Waals surface area (Å²) in [6.45, 7) is 4.56. The van der Waals surface area contributed by atoms with E-state index in [9.17, 15) is 0 Å². The molecule has 0 unspecified atom stereocenters. The van der Waals surface area contributed by atoms with Crippen LogP contribution in [0.4, 0.5) is 0 Å². The van der Waals surface area contributed by atoms with Crippen LogP contribution in [0.3, 0.4) is 0 Å². The molecule has 0 saturated carbocycles. The van der Waals surface area contributed by atoms with E-state index in [1.165, 1.54) is 10.4 Å². The van der Waals surface area contributed by atoms with Gasteiger partial charge in [-0.1, -0.05) is 6.07 Å². The predicted molar refractivity (Wildman–Crippen MR) is 102 cm³/mol. The number of nitrogens with zero attached hydrogens (tertiary/aromatic N) is 2. The topological polar surface area (TPSA) is 41.4 Å². The van der Waals surface area contributed by atoms with Crippen molar-refractivity contribution < 1.29 is 0 Å². The van der Waals surface area contributed by atoms with Gasteiger partial charge in [0.2, 0.25) is 0 Å². The average molecular weight is 418 g/mol. The van der Waals surface area contributed by atoms with Crippen LogP contribution in [0.5, 0.6) is 0 Å². The zero-order chi connectivity index (χ0) is 14.2. The highest BCUT2D eigenvalue weighted by atomic mass is 127. The fourth-order valence-electron chi connectivity index (χ4n) is 1.93. The van der Waals surface area contributed by atoms with Gasteiger partial charge in [0.15, 0.2) is 5.96 Å². The van der Waals surface area contributed by atoms with Crippen LogP contribution in [0.15, 0.2) is 41.0 Å². The molecule has 21 heavy (non-hydrogen) atoms. The molecule has 2 aromatic rings. The van der Waals surface area contributed by atoms with Crippen molar-refractivity contribution >= 4 is 41.3 Å². The molecule has 0 aliphatic carbocycles. The summed E-state index contributed by atoms with van der Waals surface area (Å²) in [5, 5.41) is 8.77. The van der Waals surface area contributed by atoms with Gasteiger partial charge >= 0.3 is 0 Å². The summed E-state index contributed by atoms with van der Waals surface area (Å²) in [6, 6.07) is 6.35. The second-order valence-electron chi connectivity index (χ2n) is 4.64. The van der Waals surface area contributed by atoms with Gasteiger partial charge in [0.1, 0.15) is 0 Å². The Morgan fingerprint density at radius 3 is 2.81 bits per heavy atom. The van der Waals surface area contributed by atoms with Crippen molar-refractivity contribution in [2.75, 3.05) is 13.1 Å². The summed E-state index contributed by atoms with van der Waals surface area (Å²) in [4.78, 5) is 6.00. The minimum Gasteiger partial charge on any atom is -0.357 e. The molecule has 0 bridgehead atoms. The molecule has 0 amide bonds. The lowest BCUT2D eigenvalue weighted by Gasteiger charge is -2.10. The minimum absolute atomic E-state index is 0. The number of aliphatic imine (C=N–C) groups is 1. The maximum Gasteiger partial charge on any atom is 0.191 e. The third kappa shape index (κ3) is 6.52. The maximum atomic E-state index is 4.60. The van der Waals surface area contributed by atoms with Crippen molar-refractivity contribution in [3.05, 3.63) is 46.4 Å². The molecule has 4 nitrogen and oxygen atoms in total. The molecule has 0 atom stereocenters. The molecular weight excluding hydrogens is 395 g/mol. The van der Waals surface area contributed by atoms with Gasteiger partial charge in [-0.05, 0) is 36.4 Å². The second kappa shape index (κ2) is 9.83. The van der Waals surface area contributed by atoms with E-state index in [0.717, 1.165) is 25.5 Å². The lowest BCUT2D eigenvalue weighted by Crippen LogP contribution is -2.38. The Bertz CT molecular complexity index is 534. The molecule has 2 N–H and O–H groups in total. The van der Waals surface area contributed by atoms with Crippen LogP contribution in [0.25, 0.3) is 0 Å². The number of thiophene rings is 1. The Labute approximate surface area is 147 Å². The van der Waals surface area contributed by atoms with Crippen molar-refractivity contribution in [2.45, 2.75) is 19.9 Å². The summed E-state index contributed by atoms with van der Waals surface area (Å²) >= 11 is 1.80. The SMILES string of the molecule is CCNC(=NCc1ccn(C)c1)NCCc1cccs1.I. The Morgan fingerprint density at radius 1 is 1.33 bits per heavy atom. The molecule has 0 spiro atoms. The number of nitrogens with one attached hydrogen (secondary N) is 2. The van der Waals surface area contributed by atoms with E-state index in [-0.39, 0.29) is 24.0 Å². The summed E-state index contributed by atoms with van der Waals surface area (Å²) in [5.41, 5.74) is 1.22. The molecule has 2 aromatic heterocycles. The van der Waals surface area contributed by atoms with E-state index < -0.39 is 0 Å². The quantitative estimate of drug-likeness (QED) is 0.430. The Balaban J connectivity index is 0.00000220. The zero-order valence-corrected chi connectivity index (χ0v) is 15.7. The number of guanidine groups is 1. The fraction of sp³-hybridized carbons (Fsp3) is 0.400. The third-order valence-electron chi connectivity index (χ3n) is 2.90. The van der Waals surface area contributed by atoms with Crippen LogP contribution < -0.4 is 10.6 Å². The number of hydrogen-bond acceptors (Lipinski definition) is 2. The number of halogens is 1. The highest BCUT2D eigenvalue weighted by Gasteiger charge is 1.99. The van der Waals surface area contributed by atoms with Gasteiger partial charge in [-0.3, -0.25) is 0 Å². The van der Waals surface area contributed by atoms with Crippen LogP contribution >= 0.6 is 35.3 Å². The van der Waals surface area contributed by atoms with E-state index in [4.69, 9.17) is 0 Å². The first-order valence-electron chi connectivity index (χ1n) is 6.93. The van der Waals surface area contributed by atoms with Crippen molar-refractivity contribution in [1.29, 1.82) is 0 Å². The van der Waals surface area contributed by atoms with E-state index in [2.05, 4.69) is 52.3 Å². The third-order valence-corrected chi connectivity index (χ3v) is 3.84. The number of aryl methyl sites for hydroxylation is 1. The highest BCUT2D eigenvalue weighted by Crippen LogP contribution is 2.08. The largest absolute Gasteiger partial charge is 0.357 e. The van der Waals surface area contributed by atoms with E-state index in [0.29, 0.717) is 6.54 Å². The van der Waals surface area contributed by atoms with Crippen molar-refractivity contribution in [3.63, 3.8) is 0 Å². The molecule has 2 heterocycles. The number of aromatic nitrogens is 1. The van der Waals surface area contributed by atoms with Gasteiger partial charge in [0.25, 0.3) is 0 Å². The molecule has 0 radical (unpaired) electrons. The van der Waals surface area contributed by atoms with Gasteiger partial charge < -0.3 is 15.2 Å². The van der Waals surface area contributed by atoms with Gasteiger partial charge in [0.05, 0.1) is 6.54 Å². The van der Waals surface area contributed by atoms with Crippen LogP contribution in [0.1, 0.15) is 17.4 Å². The van der Waals surface area contributed by atoms with Crippen LogP contribution in [-0.2, 0) is 20.0 Å². The van der Waals surface area contributed by atoms with Gasteiger partial charge in [-0.2, -0.15) is 0 Å². The molecule has 2 rings (SSSR count). The van der Waals surface area contributed by atoms with Crippen molar-refractivity contribution in [3.8, 4) is 0 Å². The van der Waals surface area contributed by atoms with E-state index in [1.807, 2.05) is 17.8 Å².